The molecule has 0 unspecified atom stereocenters. The van der Waals surface area contributed by atoms with Gasteiger partial charge in [-0.25, -0.2) is 0 Å². The van der Waals surface area contributed by atoms with Gasteiger partial charge in [-0.05, 0) is 61.0 Å². The van der Waals surface area contributed by atoms with Crippen molar-refractivity contribution in [1.29, 1.82) is 0 Å². The second-order valence-corrected chi connectivity index (χ2v) is 8.09. The molecule has 3 aromatic rings. The molecule has 144 valence electrons. The number of rotatable bonds is 6. The van der Waals surface area contributed by atoms with Crippen molar-refractivity contribution in [3.8, 4) is 0 Å². The van der Waals surface area contributed by atoms with Crippen molar-refractivity contribution >= 4 is 17.2 Å². The third kappa shape index (κ3) is 4.64. The monoisotopic (exact) mass is 392 g/mol. The standard InChI is InChI=1S/C22H24N4OS/c27-22(20-10-6-14-28-20)25-21(19-9-2-4-12-24-19)17-7-5-13-26(15-17)16-18-8-1-3-11-23-18/h1-4,6,8-12,14,17,21H,5,7,13,15-16H2,(H,25,27)/t17-,21+/m0/s1. The van der Waals surface area contributed by atoms with Crippen LogP contribution in [0.2, 0.25) is 0 Å². The summed E-state index contributed by atoms with van der Waals surface area (Å²) in [4.78, 5) is 24.9. The number of pyridine rings is 2. The summed E-state index contributed by atoms with van der Waals surface area (Å²) in [5, 5.41) is 5.19. The molecule has 0 bridgehead atoms. The van der Waals surface area contributed by atoms with E-state index < -0.39 is 0 Å². The number of hydrogen-bond donors (Lipinski definition) is 1. The number of carbonyl (C=O) groups excluding carboxylic acids is 1. The highest BCUT2D eigenvalue weighted by atomic mass is 32.1. The van der Waals surface area contributed by atoms with Crippen LogP contribution in [0.3, 0.4) is 0 Å². The summed E-state index contributed by atoms with van der Waals surface area (Å²) in [5.74, 6) is 0.295. The van der Waals surface area contributed by atoms with E-state index in [1.807, 2.05) is 54.0 Å². The molecule has 1 aliphatic heterocycles. The summed E-state index contributed by atoms with van der Waals surface area (Å²) in [7, 11) is 0. The number of nitrogens with one attached hydrogen (secondary N) is 1. The van der Waals surface area contributed by atoms with Gasteiger partial charge in [0.15, 0.2) is 0 Å². The van der Waals surface area contributed by atoms with E-state index >= 15 is 0 Å². The van der Waals surface area contributed by atoms with Gasteiger partial charge in [-0.2, -0.15) is 0 Å². The summed E-state index contributed by atoms with van der Waals surface area (Å²) in [6.45, 7) is 2.81. The van der Waals surface area contributed by atoms with E-state index in [1.54, 1.807) is 6.20 Å². The van der Waals surface area contributed by atoms with E-state index in [1.165, 1.54) is 11.3 Å². The van der Waals surface area contributed by atoms with E-state index in [0.29, 0.717) is 5.92 Å². The zero-order valence-corrected chi connectivity index (χ0v) is 16.5. The van der Waals surface area contributed by atoms with Crippen molar-refractivity contribution in [3.63, 3.8) is 0 Å². The molecule has 0 radical (unpaired) electrons. The number of aromatic nitrogens is 2. The Morgan fingerprint density at radius 3 is 2.71 bits per heavy atom. The number of amides is 1. The van der Waals surface area contributed by atoms with Crippen LogP contribution in [0.1, 0.15) is 39.9 Å². The van der Waals surface area contributed by atoms with E-state index in [2.05, 4.69) is 26.3 Å². The first-order valence-electron chi connectivity index (χ1n) is 9.67. The van der Waals surface area contributed by atoms with Crippen LogP contribution < -0.4 is 5.32 Å². The van der Waals surface area contributed by atoms with E-state index in [-0.39, 0.29) is 11.9 Å². The van der Waals surface area contributed by atoms with Gasteiger partial charge in [0.05, 0.1) is 22.3 Å². The number of carbonyl (C=O) groups is 1. The molecule has 1 fully saturated rings. The smallest absolute Gasteiger partial charge is 0.261 e. The lowest BCUT2D eigenvalue weighted by molar-refractivity contribution is 0.0878. The van der Waals surface area contributed by atoms with Crippen molar-refractivity contribution in [2.45, 2.75) is 25.4 Å². The SMILES string of the molecule is O=C(N[C@@H](c1ccccn1)[C@H]1CCCN(Cc2ccccn2)C1)c1cccs1. The normalized spacial score (nSPS) is 18.5. The second kappa shape index (κ2) is 9.08. The molecular weight excluding hydrogens is 368 g/mol. The molecule has 1 N–H and O–H groups in total. The number of nitrogens with zero attached hydrogens (tertiary/aromatic N) is 3. The Balaban J connectivity index is 1.51. The zero-order chi connectivity index (χ0) is 19.2. The number of hydrogen-bond acceptors (Lipinski definition) is 5. The molecule has 2 atom stereocenters. The summed E-state index contributed by atoms with van der Waals surface area (Å²) < 4.78 is 0. The zero-order valence-electron chi connectivity index (χ0n) is 15.7. The van der Waals surface area contributed by atoms with Gasteiger partial charge in [0.1, 0.15) is 0 Å². The first-order valence-corrected chi connectivity index (χ1v) is 10.5. The second-order valence-electron chi connectivity index (χ2n) is 7.14. The van der Waals surface area contributed by atoms with Crippen LogP contribution in [0.15, 0.2) is 66.3 Å². The molecule has 1 saturated heterocycles. The number of thiophene rings is 1. The predicted molar refractivity (Wildman–Crippen MR) is 111 cm³/mol. The maximum Gasteiger partial charge on any atom is 0.261 e. The van der Waals surface area contributed by atoms with Crippen LogP contribution in [0.4, 0.5) is 0 Å². The van der Waals surface area contributed by atoms with Gasteiger partial charge in [-0.3, -0.25) is 19.7 Å². The number of likely N-dealkylation sites (tertiary alicyclic amines) is 1. The van der Waals surface area contributed by atoms with E-state index in [0.717, 1.165) is 48.7 Å². The quantitative estimate of drug-likeness (QED) is 0.691. The van der Waals surface area contributed by atoms with E-state index in [9.17, 15) is 4.79 Å². The molecule has 0 aromatic carbocycles. The summed E-state index contributed by atoms with van der Waals surface area (Å²) in [6, 6.07) is 15.6. The predicted octanol–water partition coefficient (Wildman–Crippen LogP) is 3.92. The van der Waals surface area contributed by atoms with Gasteiger partial charge < -0.3 is 5.32 Å². The van der Waals surface area contributed by atoms with Gasteiger partial charge in [-0.15, -0.1) is 11.3 Å². The van der Waals surface area contributed by atoms with Gasteiger partial charge in [0, 0.05) is 25.5 Å². The Labute approximate surface area is 169 Å². The largest absolute Gasteiger partial charge is 0.343 e. The van der Waals surface area contributed by atoms with Crippen LogP contribution in [-0.4, -0.2) is 33.9 Å². The molecule has 0 aliphatic carbocycles. The average molecular weight is 393 g/mol. The molecular formula is C22H24N4OS. The minimum atomic E-state index is -0.0951. The fourth-order valence-electron chi connectivity index (χ4n) is 3.84. The van der Waals surface area contributed by atoms with Gasteiger partial charge in [0.25, 0.3) is 5.91 Å². The highest BCUT2D eigenvalue weighted by Crippen LogP contribution is 2.30. The Hall–Kier alpha value is -2.57. The third-order valence-electron chi connectivity index (χ3n) is 5.16. The Bertz CT molecular complexity index is 870. The molecule has 1 amide bonds. The van der Waals surface area contributed by atoms with Crippen LogP contribution in [0.25, 0.3) is 0 Å². The fraction of sp³-hybridized carbons (Fsp3) is 0.318. The topological polar surface area (TPSA) is 58.1 Å². The minimum absolute atomic E-state index is 0.0208. The molecule has 0 spiro atoms. The lowest BCUT2D eigenvalue weighted by Gasteiger charge is -2.37. The van der Waals surface area contributed by atoms with Crippen LogP contribution >= 0.6 is 11.3 Å². The Morgan fingerprint density at radius 1 is 1.14 bits per heavy atom. The first-order chi connectivity index (χ1) is 13.8. The van der Waals surface area contributed by atoms with Crippen molar-refractivity contribution in [2.24, 2.45) is 5.92 Å². The van der Waals surface area contributed by atoms with Gasteiger partial charge >= 0.3 is 0 Å². The van der Waals surface area contributed by atoms with Crippen molar-refractivity contribution in [3.05, 3.63) is 82.6 Å². The van der Waals surface area contributed by atoms with Gasteiger partial charge in [0.2, 0.25) is 0 Å². The molecule has 5 nitrogen and oxygen atoms in total. The highest BCUT2D eigenvalue weighted by Gasteiger charge is 2.31. The lowest BCUT2D eigenvalue weighted by Crippen LogP contribution is -2.43. The summed E-state index contributed by atoms with van der Waals surface area (Å²) in [6.07, 6.45) is 5.82. The molecule has 0 saturated carbocycles. The van der Waals surface area contributed by atoms with Crippen molar-refractivity contribution < 1.29 is 4.79 Å². The number of piperidine rings is 1. The maximum atomic E-state index is 12.8. The average Bonchev–Trinajstić information content (AvgIpc) is 3.29. The Kier molecular flexibility index (Phi) is 6.09. The molecule has 3 aromatic heterocycles. The molecule has 4 heterocycles. The highest BCUT2D eigenvalue weighted by molar-refractivity contribution is 7.12. The lowest BCUT2D eigenvalue weighted by atomic mass is 9.88. The molecule has 28 heavy (non-hydrogen) atoms. The van der Waals surface area contributed by atoms with Gasteiger partial charge in [-0.1, -0.05) is 18.2 Å². The first kappa shape index (κ1) is 18.8. The molecule has 1 aliphatic rings. The van der Waals surface area contributed by atoms with Crippen molar-refractivity contribution in [2.75, 3.05) is 13.1 Å². The van der Waals surface area contributed by atoms with Crippen LogP contribution in [0, 0.1) is 5.92 Å². The van der Waals surface area contributed by atoms with Crippen molar-refractivity contribution in [1.82, 2.24) is 20.2 Å². The maximum absolute atomic E-state index is 12.8. The Morgan fingerprint density at radius 2 is 2.00 bits per heavy atom. The fourth-order valence-corrected chi connectivity index (χ4v) is 4.47. The summed E-state index contributed by atoms with van der Waals surface area (Å²) >= 11 is 1.47. The minimum Gasteiger partial charge on any atom is -0.343 e. The summed E-state index contributed by atoms with van der Waals surface area (Å²) in [5.41, 5.74) is 2.01. The molecule has 6 heteroatoms. The van der Waals surface area contributed by atoms with E-state index in [4.69, 9.17) is 0 Å². The molecule has 4 rings (SSSR count). The third-order valence-corrected chi connectivity index (χ3v) is 6.03. The van der Waals surface area contributed by atoms with Crippen LogP contribution in [0.5, 0.6) is 0 Å². The van der Waals surface area contributed by atoms with Crippen LogP contribution in [-0.2, 0) is 6.54 Å².